The highest BCUT2D eigenvalue weighted by Crippen LogP contribution is 2.21. The number of rotatable bonds is 3. The lowest BCUT2D eigenvalue weighted by Crippen LogP contribution is -2.64. The van der Waals surface area contributed by atoms with E-state index in [-0.39, 0.29) is 12.3 Å². The monoisotopic (exact) mass is 200 g/mol. The number of amides is 1. The molecule has 1 aliphatic heterocycles. The molecule has 1 aliphatic rings. The molecule has 1 amide bonds. The van der Waals surface area contributed by atoms with E-state index in [4.69, 9.17) is 0 Å². The van der Waals surface area contributed by atoms with Crippen LogP contribution in [0.3, 0.4) is 0 Å². The van der Waals surface area contributed by atoms with E-state index in [0.29, 0.717) is 17.4 Å². The number of aliphatic carboxylic acids is 1. The molecule has 1 rings (SSSR count). The molecule has 0 aliphatic carbocycles. The van der Waals surface area contributed by atoms with Gasteiger partial charge in [0.25, 0.3) is 0 Å². The summed E-state index contributed by atoms with van der Waals surface area (Å²) >= 11 is 0. The van der Waals surface area contributed by atoms with E-state index in [2.05, 4.69) is 5.32 Å². The van der Waals surface area contributed by atoms with Gasteiger partial charge in [-0.3, -0.25) is 4.79 Å². The van der Waals surface area contributed by atoms with Gasteiger partial charge in [0.1, 0.15) is 12.1 Å². The average Bonchev–Trinajstić information content (AvgIpc) is 2.29. The molecular formula is C9H16N2O3. The lowest BCUT2D eigenvalue weighted by molar-refractivity contribution is -0.873. The molecule has 0 radical (unpaired) electrons. The first-order valence-corrected chi connectivity index (χ1v) is 4.58. The molecule has 5 nitrogen and oxygen atoms in total. The van der Waals surface area contributed by atoms with Crippen LogP contribution in [0.5, 0.6) is 0 Å². The van der Waals surface area contributed by atoms with Crippen LogP contribution in [0.25, 0.3) is 0 Å². The molecule has 0 spiro atoms. The van der Waals surface area contributed by atoms with Crippen LogP contribution in [0.4, 0.5) is 0 Å². The van der Waals surface area contributed by atoms with Crippen molar-refractivity contribution in [3.8, 4) is 0 Å². The van der Waals surface area contributed by atoms with Crippen molar-refractivity contribution in [1.82, 2.24) is 5.32 Å². The summed E-state index contributed by atoms with van der Waals surface area (Å²) in [5, 5.41) is 13.5. The summed E-state index contributed by atoms with van der Waals surface area (Å²) in [5.74, 6) is -1.39. The second-order valence-electron chi connectivity index (χ2n) is 4.87. The summed E-state index contributed by atoms with van der Waals surface area (Å²) in [6.45, 7) is 0.348. The zero-order chi connectivity index (χ0) is 11.0. The maximum absolute atomic E-state index is 11.0. The van der Waals surface area contributed by atoms with Crippen molar-refractivity contribution in [3.05, 3.63) is 0 Å². The number of nitrogens with one attached hydrogen (secondary N) is 1. The second kappa shape index (κ2) is 3.24. The summed E-state index contributed by atoms with van der Waals surface area (Å²) in [7, 11) is 5.65. The molecule has 0 aromatic rings. The fourth-order valence-electron chi connectivity index (χ4n) is 1.86. The van der Waals surface area contributed by atoms with Crippen molar-refractivity contribution >= 4 is 11.9 Å². The van der Waals surface area contributed by atoms with Crippen LogP contribution in [0.15, 0.2) is 0 Å². The Morgan fingerprint density at radius 2 is 2.14 bits per heavy atom. The Morgan fingerprint density at radius 3 is 2.43 bits per heavy atom. The third-order valence-electron chi connectivity index (χ3n) is 2.29. The molecule has 0 aromatic carbocycles. The first-order valence-electron chi connectivity index (χ1n) is 4.58. The molecule has 5 heteroatoms. The van der Waals surface area contributed by atoms with E-state index in [9.17, 15) is 14.7 Å². The zero-order valence-corrected chi connectivity index (χ0v) is 8.79. The fraction of sp³-hybridized carbons (Fsp3) is 0.778. The van der Waals surface area contributed by atoms with Gasteiger partial charge in [0, 0.05) is 6.42 Å². The van der Waals surface area contributed by atoms with Gasteiger partial charge in [0.05, 0.1) is 27.1 Å². The minimum Gasteiger partial charge on any atom is -0.547 e. The molecule has 0 saturated carbocycles. The fourth-order valence-corrected chi connectivity index (χ4v) is 1.86. The number of quaternary nitrogens is 1. The topological polar surface area (TPSA) is 69.2 Å². The van der Waals surface area contributed by atoms with Crippen molar-refractivity contribution < 1.29 is 19.2 Å². The predicted molar refractivity (Wildman–Crippen MR) is 48.0 cm³/mol. The minimum atomic E-state index is -1.18. The van der Waals surface area contributed by atoms with E-state index in [1.807, 2.05) is 21.1 Å². The number of likely N-dealkylation sites (N-methyl/N-ethyl adjacent to an activating group) is 1. The Balaban J connectivity index is 2.84. The quantitative estimate of drug-likeness (QED) is 0.541. The number of hydrogen-bond acceptors (Lipinski definition) is 3. The van der Waals surface area contributed by atoms with E-state index in [1.54, 1.807) is 0 Å². The van der Waals surface area contributed by atoms with Crippen molar-refractivity contribution in [2.75, 3.05) is 27.7 Å². The van der Waals surface area contributed by atoms with Crippen LogP contribution in [0.2, 0.25) is 0 Å². The van der Waals surface area contributed by atoms with Gasteiger partial charge < -0.3 is 19.7 Å². The standard InChI is InChI=1S/C9H16N2O3/c1-11(2,3)6-9(8(13)14)5-4-7(12)10-9/h4-6H2,1-3H3,(H-,10,12,13,14)/t9-/m0/s1. The molecule has 0 bridgehead atoms. The molecule has 1 saturated heterocycles. The van der Waals surface area contributed by atoms with Gasteiger partial charge in [-0.25, -0.2) is 0 Å². The third kappa shape index (κ3) is 2.23. The van der Waals surface area contributed by atoms with Gasteiger partial charge in [0.2, 0.25) is 5.91 Å². The highest BCUT2D eigenvalue weighted by molar-refractivity contribution is 5.90. The highest BCUT2D eigenvalue weighted by Gasteiger charge is 2.43. The number of hydrogen-bond donors (Lipinski definition) is 1. The summed E-state index contributed by atoms with van der Waals surface area (Å²) in [6, 6.07) is 0. The smallest absolute Gasteiger partial charge is 0.221 e. The third-order valence-corrected chi connectivity index (χ3v) is 2.29. The molecule has 80 valence electrons. The lowest BCUT2D eigenvalue weighted by atomic mass is 9.96. The summed E-state index contributed by atoms with van der Waals surface area (Å²) in [5.41, 5.74) is -1.17. The average molecular weight is 200 g/mol. The van der Waals surface area contributed by atoms with Crippen molar-refractivity contribution in [2.45, 2.75) is 18.4 Å². The summed E-state index contributed by atoms with van der Waals surface area (Å²) in [4.78, 5) is 22.1. The number of carbonyl (C=O) groups is 2. The maximum atomic E-state index is 11.0. The predicted octanol–water partition coefficient (Wildman–Crippen LogP) is -1.91. The van der Waals surface area contributed by atoms with Gasteiger partial charge in [-0.2, -0.15) is 0 Å². The number of nitrogens with zero attached hydrogens (tertiary/aromatic N) is 1. The molecule has 1 atom stereocenters. The van der Waals surface area contributed by atoms with Gasteiger partial charge >= 0.3 is 0 Å². The van der Waals surface area contributed by atoms with Crippen LogP contribution < -0.4 is 10.4 Å². The van der Waals surface area contributed by atoms with Crippen LogP contribution in [-0.2, 0) is 9.59 Å². The molecule has 14 heavy (non-hydrogen) atoms. The normalized spacial score (nSPS) is 27.5. The van der Waals surface area contributed by atoms with E-state index in [0.717, 1.165) is 0 Å². The Kier molecular flexibility index (Phi) is 2.54. The SMILES string of the molecule is C[N+](C)(C)C[C@]1(C(=O)[O-])CCC(=O)N1. The van der Waals surface area contributed by atoms with Gasteiger partial charge in [-0.05, 0) is 6.42 Å². The molecule has 0 aromatic heterocycles. The van der Waals surface area contributed by atoms with Crippen molar-refractivity contribution in [2.24, 2.45) is 0 Å². The Labute approximate surface area is 83.3 Å². The maximum Gasteiger partial charge on any atom is 0.221 e. The molecule has 1 fully saturated rings. The Morgan fingerprint density at radius 1 is 1.57 bits per heavy atom. The van der Waals surface area contributed by atoms with Gasteiger partial charge in [-0.15, -0.1) is 0 Å². The largest absolute Gasteiger partial charge is 0.547 e. The summed E-state index contributed by atoms with van der Waals surface area (Å²) in [6.07, 6.45) is 0.595. The Bertz CT molecular complexity index is 270. The first kappa shape index (κ1) is 11.0. The van der Waals surface area contributed by atoms with E-state index in [1.165, 1.54) is 0 Å². The second-order valence-corrected chi connectivity index (χ2v) is 4.87. The van der Waals surface area contributed by atoms with Gasteiger partial charge in [-0.1, -0.05) is 0 Å². The number of carboxylic acid groups (broad SMARTS) is 1. The van der Waals surface area contributed by atoms with Crippen LogP contribution >= 0.6 is 0 Å². The summed E-state index contributed by atoms with van der Waals surface area (Å²) < 4.78 is 0.480. The van der Waals surface area contributed by atoms with E-state index >= 15 is 0 Å². The van der Waals surface area contributed by atoms with Crippen LogP contribution in [-0.4, -0.2) is 49.6 Å². The van der Waals surface area contributed by atoms with Crippen LogP contribution in [0, 0.1) is 0 Å². The van der Waals surface area contributed by atoms with Crippen LogP contribution in [0.1, 0.15) is 12.8 Å². The van der Waals surface area contributed by atoms with E-state index < -0.39 is 11.5 Å². The molecule has 1 heterocycles. The number of carbonyl (C=O) groups excluding carboxylic acids is 2. The first-order chi connectivity index (χ1) is 6.25. The zero-order valence-electron chi connectivity index (χ0n) is 8.79. The highest BCUT2D eigenvalue weighted by atomic mass is 16.4. The molecular weight excluding hydrogens is 184 g/mol. The lowest BCUT2D eigenvalue weighted by Gasteiger charge is -2.37. The number of carboxylic acids is 1. The van der Waals surface area contributed by atoms with Crippen molar-refractivity contribution in [3.63, 3.8) is 0 Å². The molecule has 0 unspecified atom stereocenters. The van der Waals surface area contributed by atoms with Crippen molar-refractivity contribution in [1.29, 1.82) is 0 Å². The molecule has 1 N–H and O–H groups in total. The minimum absolute atomic E-state index is 0.206. The van der Waals surface area contributed by atoms with Gasteiger partial charge in [0.15, 0.2) is 0 Å². The Hall–Kier alpha value is -1.10.